The number of phenolic OH excluding ortho intramolecular Hbond substituents is 1. The number of hydrogen-bond acceptors (Lipinski definition) is 3. The highest BCUT2D eigenvalue weighted by molar-refractivity contribution is 5.71. The van der Waals surface area contributed by atoms with Crippen LogP contribution in [0.2, 0.25) is 0 Å². The average molecular weight is 209 g/mol. The van der Waals surface area contributed by atoms with Crippen LogP contribution in [0.3, 0.4) is 0 Å². The molecule has 0 saturated carbocycles. The van der Waals surface area contributed by atoms with Crippen molar-refractivity contribution in [3.05, 3.63) is 24.3 Å². The molecule has 0 fully saturated rings. The highest BCUT2D eigenvalue weighted by Crippen LogP contribution is 2.24. The summed E-state index contributed by atoms with van der Waals surface area (Å²) < 4.78 is 5.03. The molecular formula is C11H15NO3. The SMILES string of the molecule is CCN(CC)C(=O)Oc1ccccc1O. The highest BCUT2D eigenvalue weighted by Gasteiger charge is 2.13. The van der Waals surface area contributed by atoms with Gasteiger partial charge in [0.25, 0.3) is 0 Å². The van der Waals surface area contributed by atoms with Gasteiger partial charge in [-0.05, 0) is 26.0 Å². The fourth-order valence-electron chi connectivity index (χ4n) is 1.18. The Labute approximate surface area is 89.1 Å². The van der Waals surface area contributed by atoms with E-state index in [4.69, 9.17) is 4.74 Å². The van der Waals surface area contributed by atoms with Crippen LogP contribution in [0.4, 0.5) is 4.79 Å². The van der Waals surface area contributed by atoms with E-state index in [2.05, 4.69) is 0 Å². The molecule has 4 heteroatoms. The number of benzene rings is 1. The van der Waals surface area contributed by atoms with Crippen LogP contribution in [-0.2, 0) is 0 Å². The van der Waals surface area contributed by atoms with Crippen LogP contribution in [-0.4, -0.2) is 29.2 Å². The molecule has 1 amide bonds. The number of phenols is 1. The van der Waals surface area contributed by atoms with Crippen LogP contribution in [0.15, 0.2) is 24.3 Å². The maximum atomic E-state index is 11.5. The maximum Gasteiger partial charge on any atom is 0.415 e. The summed E-state index contributed by atoms with van der Waals surface area (Å²) in [5, 5.41) is 9.39. The summed E-state index contributed by atoms with van der Waals surface area (Å²) in [7, 11) is 0. The van der Waals surface area contributed by atoms with Gasteiger partial charge in [0.05, 0.1) is 0 Å². The Morgan fingerprint density at radius 2 is 1.93 bits per heavy atom. The van der Waals surface area contributed by atoms with Crippen molar-refractivity contribution in [1.82, 2.24) is 4.90 Å². The first-order valence-electron chi connectivity index (χ1n) is 4.93. The maximum absolute atomic E-state index is 11.5. The van der Waals surface area contributed by atoms with Gasteiger partial charge < -0.3 is 14.7 Å². The molecule has 1 rings (SSSR count). The Kier molecular flexibility index (Phi) is 3.97. The van der Waals surface area contributed by atoms with Crippen LogP contribution >= 0.6 is 0 Å². The monoisotopic (exact) mass is 209 g/mol. The Morgan fingerprint density at radius 3 is 2.47 bits per heavy atom. The molecule has 1 N–H and O–H groups in total. The highest BCUT2D eigenvalue weighted by atomic mass is 16.6. The summed E-state index contributed by atoms with van der Waals surface area (Å²) in [6, 6.07) is 6.40. The van der Waals surface area contributed by atoms with Crippen molar-refractivity contribution in [3.63, 3.8) is 0 Å². The van der Waals surface area contributed by atoms with Crippen LogP contribution in [0.1, 0.15) is 13.8 Å². The number of ether oxygens (including phenoxy) is 1. The van der Waals surface area contributed by atoms with Crippen molar-refractivity contribution >= 4 is 6.09 Å². The zero-order valence-corrected chi connectivity index (χ0v) is 8.93. The lowest BCUT2D eigenvalue weighted by Gasteiger charge is -2.17. The van der Waals surface area contributed by atoms with Crippen molar-refractivity contribution in [2.24, 2.45) is 0 Å². The molecule has 0 aromatic heterocycles. The van der Waals surface area contributed by atoms with E-state index in [-0.39, 0.29) is 11.5 Å². The van der Waals surface area contributed by atoms with Gasteiger partial charge in [0.1, 0.15) is 0 Å². The van der Waals surface area contributed by atoms with Crippen molar-refractivity contribution < 1.29 is 14.6 Å². The van der Waals surface area contributed by atoms with Gasteiger partial charge >= 0.3 is 6.09 Å². The topological polar surface area (TPSA) is 49.8 Å². The first-order valence-corrected chi connectivity index (χ1v) is 4.93. The summed E-state index contributed by atoms with van der Waals surface area (Å²) in [6.45, 7) is 4.91. The number of rotatable bonds is 3. The summed E-state index contributed by atoms with van der Waals surface area (Å²) in [5.74, 6) is 0.160. The van der Waals surface area contributed by atoms with Crippen LogP contribution in [0.25, 0.3) is 0 Å². The molecule has 1 aromatic rings. The number of hydrogen-bond donors (Lipinski definition) is 1. The molecule has 0 unspecified atom stereocenters. The van der Waals surface area contributed by atoms with Crippen molar-refractivity contribution in [1.29, 1.82) is 0 Å². The third kappa shape index (κ3) is 2.87. The zero-order chi connectivity index (χ0) is 11.3. The molecule has 15 heavy (non-hydrogen) atoms. The van der Waals surface area contributed by atoms with E-state index < -0.39 is 6.09 Å². The summed E-state index contributed by atoms with van der Waals surface area (Å²) in [6.07, 6.45) is -0.443. The fraction of sp³-hybridized carbons (Fsp3) is 0.364. The first kappa shape index (κ1) is 11.4. The number of para-hydroxylation sites is 2. The number of carbonyl (C=O) groups excluding carboxylic acids is 1. The van der Waals surface area contributed by atoms with Gasteiger partial charge in [-0.3, -0.25) is 0 Å². The molecule has 0 aliphatic carbocycles. The number of carbonyl (C=O) groups is 1. The van der Waals surface area contributed by atoms with Crippen LogP contribution in [0, 0.1) is 0 Å². The van der Waals surface area contributed by atoms with Crippen LogP contribution < -0.4 is 4.74 Å². The minimum atomic E-state index is -0.443. The zero-order valence-electron chi connectivity index (χ0n) is 8.93. The molecular weight excluding hydrogens is 194 g/mol. The van der Waals surface area contributed by atoms with Crippen molar-refractivity contribution in [3.8, 4) is 11.5 Å². The molecule has 0 aliphatic rings. The third-order valence-corrected chi connectivity index (χ3v) is 2.08. The number of amides is 1. The fourth-order valence-corrected chi connectivity index (χ4v) is 1.18. The normalized spacial score (nSPS) is 9.73. The molecule has 0 atom stereocenters. The van der Waals surface area contributed by atoms with Gasteiger partial charge in [-0.1, -0.05) is 12.1 Å². The van der Waals surface area contributed by atoms with Crippen LogP contribution in [0.5, 0.6) is 11.5 Å². The standard InChI is InChI=1S/C11H15NO3/c1-3-12(4-2)11(14)15-10-8-6-5-7-9(10)13/h5-8,13H,3-4H2,1-2H3. The minimum Gasteiger partial charge on any atom is -0.504 e. The largest absolute Gasteiger partial charge is 0.504 e. The van der Waals surface area contributed by atoms with E-state index in [0.717, 1.165) is 0 Å². The lowest BCUT2D eigenvalue weighted by atomic mass is 10.3. The first-order chi connectivity index (χ1) is 7.19. The van der Waals surface area contributed by atoms with E-state index in [1.807, 2.05) is 13.8 Å². The summed E-state index contributed by atoms with van der Waals surface area (Å²) >= 11 is 0. The van der Waals surface area contributed by atoms with E-state index in [0.29, 0.717) is 13.1 Å². The predicted octanol–water partition coefficient (Wildman–Crippen LogP) is 2.23. The Bertz CT molecular complexity index is 334. The molecule has 82 valence electrons. The predicted molar refractivity (Wildman–Crippen MR) is 57.1 cm³/mol. The van der Waals surface area contributed by atoms with Crippen molar-refractivity contribution in [2.75, 3.05) is 13.1 Å². The second kappa shape index (κ2) is 5.24. The quantitative estimate of drug-likeness (QED) is 0.830. The van der Waals surface area contributed by atoms with E-state index in [1.54, 1.807) is 18.2 Å². The van der Waals surface area contributed by atoms with Gasteiger partial charge in [-0.15, -0.1) is 0 Å². The molecule has 1 aromatic carbocycles. The molecule has 0 heterocycles. The minimum absolute atomic E-state index is 0.0296. The second-order valence-electron chi connectivity index (χ2n) is 3.01. The molecule has 0 aliphatic heterocycles. The smallest absolute Gasteiger partial charge is 0.415 e. The van der Waals surface area contributed by atoms with E-state index in [9.17, 15) is 9.90 Å². The van der Waals surface area contributed by atoms with Gasteiger partial charge in [0, 0.05) is 13.1 Å². The molecule has 0 radical (unpaired) electrons. The third-order valence-electron chi connectivity index (χ3n) is 2.08. The number of nitrogens with zero attached hydrogens (tertiary/aromatic N) is 1. The van der Waals surface area contributed by atoms with E-state index in [1.165, 1.54) is 11.0 Å². The Balaban J connectivity index is 2.70. The lowest BCUT2D eigenvalue weighted by Crippen LogP contribution is -2.33. The van der Waals surface area contributed by atoms with Gasteiger partial charge in [-0.25, -0.2) is 4.79 Å². The summed E-state index contributed by atoms with van der Waals surface area (Å²) in [5.41, 5.74) is 0. The summed E-state index contributed by atoms with van der Waals surface area (Å²) in [4.78, 5) is 13.1. The van der Waals surface area contributed by atoms with Gasteiger partial charge in [0.2, 0.25) is 0 Å². The van der Waals surface area contributed by atoms with E-state index >= 15 is 0 Å². The number of aromatic hydroxyl groups is 1. The molecule has 0 spiro atoms. The second-order valence-corrected chi connectivity index (χ2v) is 3.01. The average Bonchev–Trinajstić information content (AvgIpc) is 2.23. The Hall–Kier alpha value is -1.71. The lowest BCUT2D eigenvalue weighted by molar-refractivity contribution is 0.155. The molecule has 0 saturated heterocycles. The van der Waals surface area contributed by atoms with Gasteiger partial charge in [-0.2, -0.15) is 0 Å². The molecule has 4 nitrogen and oxygen atoms in total. The van der Waals surface area contributed by atoms with Crippen molar-refractivity contribution in [2.45, 2.75) is 13.8 Å². The van der Waals surface area contributed by atoms with Gasteiger partial charge in [0.15, 0.2) is 11.5 Å². The molecule has 0 bridgehead atoms. The Morgan fingerprint density at radius 1 is 1.33 bits per heavy atom.